The van der Waals surface area contributed by atoms with Gasteiger partial charge in [-0.1, -0.05) is 48.5 Å². The van der Waals surface area contributed by atoms with Gasteiger partial charge < -0.3 is 52.3 Å². The van der Waals surface area contributed by atoms with Crippen molar-refractivity contribution in [3.05, 3.63) is 84.9 Å². The first-order valence-corrected chi connectivity index (χ1v) is 15.6. The van der Waals surface area contributed by atoms with Crippen LogP contribution in [0.15, 0.2) is 94.9 Å². The molecule has 0 aromatic heterocycles. The topological polar surface area (TPSA) is 209 Å². The van der Waals surface area contributed by atoms with Crippen LogP contribution in [0, 0.1) is 16.2 Å². The zero-order valence-electron chi connectivity index (χ0n) is 29.9. The van der Waals surface area contributed by atoms with E-state index >= 15 is 0 Å². The highest BCUT2D eigenvalue weighted by atomic mass is 15.3. The Bertz CT molecular complexity index is 1710. The summed E-state index contributed by atoms with van der Waals surface area (Å²) in [5, 5.41) is 36.1. The molecule has 0 amide bonds. The lowest BCUT2D eigenvalue weighted by atomic mass is 10.1. The summed E-state index contributed by atoms with van der Waals surface area (Å²) in [6.07, 6.45) is 0. The molecule has 0 bridgehead atoms. The van der Waals surface area contributed by atoms with Crippen LogP contribution in [0.2, 0.25) is 0 Å². The number of nitrogens with two attached hydrogens (primary N) is 2. The Morgan fingerprint density at radius 3 is 1.10 bits per heavy atom. The third kappa shape index (κ3) is 10.8. The van der Waals surface area contributed by atoms with Crippen LogP contribution in [0.25, 0.3) is 10.8 Å². The summed E-state index contributed by atoms with van der Waals surface area (Å²) in [5.41, 5.74) is 14.8. The average Bonchev–Trinajstić information content (AvgIpc) is 3.03. The smallest absolute Gasteiger partial charge is 0.200 e. The van der Waals surface area contributed by atoms with E-state index < -0.39 is 0 Å². The summed E-state index contributed by atoms with van der Waals surface area (Å²) in [6.45, 7) is 0. The van der Waals surface area contributed by atoms with Gasteiger partial charge in [0.2, 0.25) is 11.9 Å². The van der Waals surface area contributed by atoms with Gasteiger partial charge in [0.25, 0.3) is 0 Å². The lowest BCUT2D eigenvalue weighted by Gasteiger charge is -2.24. The zero-order chi connectivity index (χ0) is 37.0. The number of aliphatic imine (C=N–C) groups is 2. The van der Waals surface area contributed by atoms with E-state index in [1.54, 1.807) is 48.5 Å². The van der Waals surface area contributed by atoms with E-state index in [-0.39, 0.29) is 17.9 Å². The number of benzene rings is 4. The van der Waals surface area contributed by atoms with Crippen LogP contribution < -0.4 is 32.7 Å². The number of nitrogens with one attached hydrogen (secondary N) is 7. The first-order valence-electron chi connectivity index (χ1n) is 15.6. The maximum absolute atomic E-state index is 8.07. The molecule has 4 aromatic carbocycles. The minimum Gasteiger partial charge on any atom is -0.370 e. The molecule has 0 atom stereocenters. The van der Waals surface area contributed by atoms with E-state index in [2.05, 4.69) is 33.4 Å². The highest BCUT2D eigenvalue weighted by Crippen LogP contribution is 2.35. The van der Waals surface area contributed by atoms with Crippen molar-refractivity contribution < 1.29 is 0 Å². The summed E-state index contributed by atoms with van der Waals surface area (Å²) >= 11 is 0. The fourth-order valence-electron chi connectivity index (χ4n) is 4.90. The molecule has 11 N–H and O–H groups in total. The molecule has 0 aliphatic heterocycles. The highest BCUT2D eigenvalue weighted by molar-refractivity contribution is 6.07. The molecule has 4 rings (SSSR count). The maximum atomic E-state index is 8.07. The quantitative estimate of drug-likeness (QED) is 0.100. The monoisotopic (exact) mass is 679 g/mol. The molecule has 0 saturated heterocycles. The van der Waals surface area contributed by atoms with Crippen molar-refractivity contribution in [2.75, 3.05) is 77.6 Å². The number of para-hydroxylation sites is 4. The lowest BCUT2D eigenvalue weighted by molar-refractivity contribution is 0.484. The molecule has 50 heavy (non-hydrogen) atoms. The molecule has 4 aromatic rings. The predicted octanol–water partition coefficient (Wildman–Crippen LogP) is 4.82. The minimum absolute atomic E-state index is 0.00519. The van der Waals surface area contributed by atoms with Crippen molar-refractivity contribution in [2.24, 2.45) is 21.5 Å². The third-order valence-electron chi connectivity index (χ3n) is 6.81. The second kappa shape index (κ2) is 17.6. The first kappa shape index (κ1) is 37.9. The molecular weight excluding hydrogens is 630 g/mol. The molecule has 0 unspecified atom stereocenters. The molecule has 15 nitrogen and oxygen atoms in total. The van der Waals surface area contributed by atoms with Gasteiger partial charge >= 0.3 is 0 Å². The number of hydrogen-bond donors (Lipinski definition) is 9. The fourth-order valence-corrected chi connectivity index (χ4v) is 4.90. The summed E-state index contributed by atoms with van der Waals surface area (Å²) in [6, 6.07) is 26.5. The Balaban J connectivity index is 0.000000271. The van der Waals surface area contributed by atoms with Crippen LogP contribution in [0.5, 0.6) is 0 Å². The maximum Gasteiger partial charge on any atom is 0.200 e. The molecule has 0 aliphatic rings. The van der Waals surface area contributed by atoms with Gasteiger partial charge in [-0.25, -0.2) is 9.98 Å². The van der Waals surface area contributed by atoms with Gasteiger partial charge in [-0.2, -0.15) is 0 Å². The second-order valence-electron chi connectivity index (χ2n) is 11.8. The Morgan fingerprint density at radius 1 is 0.480 bits per heavy atom. The zero-order valence-corrected chi connectivity index (χ0v) is 29.9. The summed E-state index contributed by atoms with van der Waals surface area (Å²) in [5.74, 6) is 1.39. The summed E-state index contributed by atoms with van der Waals surface area (Å²) < 4.78 is 0. The normalized spacial score (nSPS) is 10.0. The van der Waals surface area contributed by atoms with Crippen LogP contribution in [0.1, 0.15) is 0 Å². The van der Waals surface area contributed by atoms with E-state index in [0.717, 1.165) is 34.1 Å². The van der Waals surface area contributed by atoms with E-state index in [4.69, 9.17) is 37.7 Å². The number of hydrogen-bond acceptors (Lipinski definition) is 5. The van der Waals surface area contributed by atoms with Gasteiger partial charge in [0, 0.05) is 61.8 Å². The molecule has 0 heterocycles. The SMILES string of the molecule is CN(C)C(=Nc1cccc2cccc(N=C(N(C)C)N(C)C)c12)N(C)C.N=C(N)Nc1ccccc1NC(=N)Nc1ccccc1NC(=N)N. The number of nitrogens with zero attached hydrogens (tertiary/aromatic N) is 6. The van der Waals surface area contributed by atoms with E-state index in [0.29, 0.717) is 22.7 Å². The van der Waals surface area contributed by atoms with Gasteiger partial charge in [0.05, 0.1) is 34.1 Å². The minimum atomic E-state index is -0.195. The van der Waals surface area contributed by atoms with E-state index in [1.165, 1.54) is 0 Å². The number of fused-ring (bicyclic) bond motifs is 1. The first-order chi connectivity index (χ1) is 23.7. The lowest BCUT2D eigenvalue weighted by Crippen LogP contribution is -2.35. The molecular formula is C35H49N15. The van der Waals surface area contributed by atoms with Crippen LogP contribution in [0.4, 0.5) is 34.1 Å². The molecule has 15 heteroatoms. The highest BCUT2D eigenvalue weighted by Gasteiger charge is 2.12. The molecule has 0 aliphatic carbocycles. The van der Waals surface area contributed by atoms with Crippen molar-refractivity contribution in [2.45, 2.75) is 0 Å². The van der Waals surface area contributed by atoms with Gasteiger partial charge in [-0.15, -0.1) is 0 Å². The average molecular weight is 680 g/mol. The predicted molar refractivity (Wildman–Crippen MR) is 212 cm³/mol. The van der Waals surface area contributed by atoms with Crippen LogP contribution in [-0.4, -0.2) is 106 Å². The Morgan fingerprint density at radius 2 is 0.800 bits per heavy atom. The van der Waals surface area contributed by atoms with Crippen molar-refractivity contribution in [3.8, 4) is 0 Å². The van der Waals surface area contributed by atoms with E-state index in [9.17, 15) is 0 Å². The molecule has 264 valence electrons. The fraction of sp³-hybridized carbons (Fsp3) is 0.229. The molecule has 0 fully saturated rings. The van der Waals surface area contributed by atoms with Crippen molar-refractivity contribution in [3.63, 3.8) is 0 Å². The van der Waals surface area contributed by atoms with Crippen LogP contribution in [0.3, 0.4) is 0 Å². The largest absolute Gasteiger partial charge is 0.370 e. The number of anilines is 4. The van der Waals surface area contributed by atoms with Crippen molar-refractivity contribution in [1.29, 1.82) is 16.2 Å². The number of rotatable bonds is 6. The van der Waals surface area contributed by atoms with Gasteiger partial charge in [0.1, 0.15) is 0 Å². The van der Waals surface area contributed by atoms with Crippen LogP contribution >= 0.6 is 0 Å². The van der Waals surface area contributed by atoms with Gasteiger partial charge in [-0.05, 0) is 41.8 Å². The van der Waals surface area contributed by atoms with E-state index in [1.807, 2.05) is 100 Å². The molecule has 0 spiro atoms. The molecule has 0 radical (unpaired) electrons. The Kier molecular flexibility index (Phi) is 13.3. The van der Waals surface area contributed by atoms with Crippen molar-refractivity contribution in [1.82, 2.24) is 19.6 Å². The number of guanidine groups is 5. The van der Waals surface area contributed by atoms with Crippen molar-refractivity contribution >= 4 is 74.7 Å². The van der Waals surface area contributed by atoms with Gasteiger partial charge in [0.15, 0.2) is 17.9 Å². The standard InChI is InChI=1S/C20H30N6.C15H19N9/c1-23(2)19(24(3)4)21-16-13-9-11-15-12-10-14-17(18(15)16)22-20(25(5)6)26(7)8;16-13(17)21-9-5-1-3-7-11(9)23-15(20)24-12-8-4-2-6-10(12)22-14(18)19/h9-14H,1-8H3;1-8H,(H4,16,17,21)(H4,18,19,22)(H3,20,23,24). The summed E-state index contributed by atoms with van der Waals surface area (Å²) in [4.78, 5) is 17.9. The Labute approximate surface area is 294 Å². The Hall–Kier alpha value is -6.51. The third-order valence-corrected chi connectivity index (χ3v) is 6.81. The van der Waals surface area contributed by atoms with Crippen LogP contribution in [-0.2, 0) is 0 Å². The molecule has 0 saturated carbocycles. The van der Waals surface area contributed by atoms with Gasteiger partial charge in [-0.3, -0.25) is 16.2 Å². The summed E-state index contributed by atoms with van der Waals surface area (Å²) in [7, 11) is 16.0. The second-order valence-corrected chi connectivity index (χ2v) is 11.8.